The average molecular weight is 346 g/mol. The van der Waals surface area contributed by atoms with Crippen molar-refractivity contribution < 1.29 is 9.53 Å². The van der Waals surface area contributed by atoms with E-state index < -0.39 is 5.54 Å². The summed E-state index contributed by atoms with van der Waals surface area (Å²) in [6.07, 6.45) is 7.42. The standard InChI is InChI=1S/C14H24BrN3O2/c1-4-8-16-14(2,13(19)20-3)7-5-6-9-18-11-12(15)10-17-18/h10-11,16H,4-9H2,1-3H3. The van der Waals surface area contributed by atoms with Crippen LogP contribution in [0.2, 0.25) is 0 Å². The highest BCUT2D eigenvalue weighted by Crippen LogP contribution is 2.17. The Morgan fingerprint density at radius 1 is 1.55 bits per heavy atom. The van der Waals surface area contributed by atoms with Crippen molar-refractivity contribution in [1.29, 1.82) is 0 Å². The number of esters is 1. The third-order valence-corrected chi connectivity index (χ3v) is 3.73. The Morgan fingerprint density at radius 2 is 2.30 bits per heavy atom. The van der Waals surface area contributed by atoms with E-state index in [0.717, 1.165) is 43.2 Å². The van der Waals surface area contributed by atoms with Gasteiger partial charge < -0.3 is 10.1 Å². The maximum atomic E-state index is 11.9. The number of unbranched alkanes of at least 4 members (excludes halogenated alkanes) is 1. The minimum Gasteiger partial charge on any atom is -0.468 e. The summed E-state index contributed by atoms with van der Waals surface area (Å²) in [6, 6.07) is 0. The molecule has 1 aromatic heterocycles. The van der Waals surface area contributed by atoms with Gasteiger partial charge in [-0.3, -0.25) is 9.48 Å². The Labute approximate surface area is 129 Å². The van der Waals surface area contributed by atoms with Crippen LogP contribution >= 0.6 is 15.9 Å². The van der Waals surface area contributed by atoms with Gasteiger partial charge in [-0.2, -0.15) is 5.10 Å². The van der Waals surface area contributed by atoms with Gasteiger partial charge in [-0.15, -0.1) is 0 Å². The zero-order valence-corrected chi connectivity index (χ0v) is 14.1. The van der Waals surface area contributed by atoms with Crippen LogP contribution in [0.5, 0.6) is 0 Å². The van der Waals surface area contributed by atoms with Crippen molar-refractivity contribution in [3.8, 4) is 0 Å². The van der Waals surface area contributed by atoms with E-state index in [0.29, 0.717) is 0 Å². The molecule has 114 valence electrons. The van der Waals surface area contributed by atoms with Gasteiger partial charge in [0.1, 0.15) is 5.54 Å². The molecular formula is C14H24BrN3O2. The fourth-order valence-electron chi connectivity index (χ4n) is 2.10. The molecule has 1 unspecified atom stereocenters. The van der Waals surface area contributed by atoms with Gasteiger partial charge in [-0.1, -0.05) is 6.92 Å². The quantitative estimate of drug-likeness (QED) is 0.552. The van der Waals surface area contributed by atoms with E-state index in [1.807, 2.05) is 17.8 Å². The number of rotatable bonds is 9. The molecule has 1 N–H and O–H groups in total. The Bertz CT molecular complexity index is 422. The van der Waals surface area contributed by atoms with Crippen molar-refractivity contribution in [3.05, 3.63) is 16.9 Å². The number of carbonyl (C=O) groups is 1. The van der Waals surface area contributed by atoms with E-state index in [9.17, 15) is 4.79 Å². The monoisotopic (exact) mass is 345 g/mol. The van der Waals surface area contributed by atoms with Crippen LogP contribution in [0.3, 0.4) is 0 Å². The lowest BCUT2D eigenvalue weighted by Crippen LogP contribution is -2.50. The molecule has 1 heterocycles. The molecule has 20 heavy (non-hydrogen) atoms. The van der Waals surface area contributed by atoms with E-state index in [2.05, 4.69) is 33.3 Å². The molecule has 0 aromatic carbocycles. The van der Waals surface area contributed by atoms with E-state index in [1.54, 1.807) is 6.20 Å². The summed E-state index contributed by atoms with van der Waals surface area (Å²) >= 11 is 3.38. The first-order valence-corrected chi connectivity index (χ1v) is 7.82. The molecule has 6 heteroatoms. The van der Waals surface area contributed by atoms with Gasteiger partial charge in [-0.25, -0.2) is 0 Å². The highest BCUT2D eigenvalue weighted by Gasteiger charge is 2.32. The van der Waals surface area contributed by atoms with E-state index in [1.165, 1.54) is 7.11 Å². The molecule has 1 atom stereocenters. The molecular weight excluding hydrogens is 322 g/mol. The molecule has 0 aliphatic rings. The number of nitrogens with one attached hydrogen (secondary N) is 1. The van der Waals surface area contributed by atoms with Crippen molar-refractivity contribution in [3.63, 3.8) is 0 Å². The lowest BCUT2D eigenvalue weighted by Gasteiger charge is -2.28. The summed E-state index contributed by atoms with van der Waals surface area (Å²) in [4.78, 5) is 11.9. The van der Waals surface area contributed by atoms with Crippen LogP contribution in [0, 0.1) is 0 Å². The molecule has 0 amide bonds. The van der Waals surface area contributed by atoms with Crippen molar-refractivity contribution >= 4 is 21.9 Å². The molecule has 1 aromatic rings. The van der Waals surface area contributed by atoms with Gasteiger partial charge in [0.05, 0.1) is 17.8 Å². The summed E-state index contributed by atoms with van der Waals surface area (Å²) in [6.45, 7) is 5.67. The molecule has 0 saturated carbocycles. The highest BCUT2D eigenvalue weighted by atomic mass is 79.9. The van der Waals surface area contributed by atoms with Gasteiger partial charge in [-0.05, 0) is 55.1 Å². The molecule has 5 nitrogen and oxygen atoms in total. The predicted octanol–water partition coefficient (Wildman–Crippen LogP) is 2.75. The first kappa shape index (κ1) is 17.2. The van der Waals surface area contributed by atoms with Crippen LogP contribution in [0.1, 0.15) is 39.5 Å². The van der Waals surface area contributed by atoms with Crippen molar-refractivity contribution in [1.82, 2.24) is 15.1 Å². The molecule has 0 radical (unpaired) electrons. The topological polar surface area (TPSA) is 56.2 Å². The number of hydrogen-bond donors (Lipinski definition) is 1. The number of hydrogen-bond acceptors (Lipinski definition) is 4. The van der Waals surface area contributed by atoms with Crippen LogP contribution in [0.4, 0.5) is 0 Å². The number of ether oxygens (including phenoxy) is 1. The molecule has 0 aliphatic heterocycles. The largest absolute Gasteiger partial charge is 0.468 e. The number of aromatic nitrogens is 2. The predicted molar refractivity (Wildman–Crippen MR) is 82.5 cm³/mol. The first-order chi connectivity index (χ1) is 9.51. The van der Waals surface area contributed by atoms with E-state index >= 15 is 0 Å². The summed E-state index contributed by atoms with van der Waals surface area (Å²) in [7, 11) is 1.44. The summed E-state index contributed by atoms with van der Waals surface area (Å²) < 4.78 is 7.80. The fraction of sp³-hybridized carbons (Fsp3) is 0.714. The van der Waals surface area contributed by atoms with Crippen LogP contribution in [-0.2, 0) is 16.1 Å². The van der Waals surface area contributed by atoms with Gasteiger partial charge in [0.25, 0.3) is 0 Å². The molecule has 0 fully saturated rings. The zero-order chi connectivity index (χ0) is 15.0. The molecule has 0 spiro atoms. The Kier molecular flexibility index (Phi) is 7.23. The second-order valence-corrected chi connectivity index (χ2v) is 6.04. The Hall–Kier alpha value is -0.880. The Balaban J connectivity index is 2.39. The fourth-order valence-corrected chi connectivity index (χ4v) is 2.43. The summed E-state index contributed by atoms with van der Waals surface area (Å²) in [5, 5.41) is 7.51. The minimum atomic E-state index is -0.588. The van der Waals surface area contributed by atoms with Crippen molar-refractivity contribution in [2.24, 2.45) is 0 Å². The number of methoxy groups -OCH3 is 1. The summed E-state index contributed by atoms with van der Waals surface area (Å²) in [5.74, 6) is -0.187. The second kappa shape index (κ2) is 8.42. The van der Waals surface area contributed by atoms with Crippen LogP contribution < -0.4 is 5.32 Å². The smallest absolute Gasteiger partial charge is 0.325 e. The van der Waals surface area contributed by atoms with Gasteiger partial charge in [0.2, 0.25) is 0 Å². The molecule has 1 rings (SSSR count). The van der Waals surface area contributed by atoms with Gasteiger partial charge in [0.15, 0.2) is 0 Å². The van der Waals surface area contributed by atoms with Crippen LogP contribution in [0.25, 0.3) is 0 Å². The Morgan fingerprint density at radius 3 is 2.85 bits per heavy atom. The highest BCUT2D eigenvalue weighted by molar-refractivity contribution is 9.10. The maximum absolute atomic E-state index is 11.9. The first-order valence-electron chi connectivity index (χ1n) is 7.03. The van der Waals surface area contributed by atoms with Crippen LogP contribution in [-0.4, -0.2) is 34.9 Å². The molecule has 0 bridgehead atoms. The van der Waals surface area contributed by atoms with Crippen LogP contribution in [0.15, 0.2) is 16.9 Å². The lowest BCUT2D eigenvalue weighted by atomic mass is 9.94. The number of nitrogens with zero attached hydrogens (tertiary/aromatic N) is 2. The number of aryl methyl sites for hydroxylation is 1. The maximum Gasteiger partial charge on any atom is 0.325 e. The van der Waals surface area contributed by atoms with Gasteiger partial charge in [0, 0.05) is 12.7 Å². The van der Waals surface area contributed by atoms with Crippen molar-refractivity contribution in [2.75, 3.05) is 13.7 Å². The second-order valence-electron chi connectivity index (χ2n) is 5.13. The SMILES string of the molecule is CCCNC(C)(CCCCn1cc(Br)cn1)C(=O)OC. The minimum absolute atomic E-state index is 0.187. The normalized spacial score (nSPS) is 14.0. The third kappa shape index (κ3) is 5.25. The van der Waals surface area contributed by atoms with E-state index in [-0.39, 0.29) is 5.97 Å². The average Bonchev–Trinajstić information content (AvgIpc) is 2.86. The zero-order valence-electron chi connectivity index (χ0n) is 12.5. The number of halogens is 1. The number of carbonyl (C=O) groups excluding carboxylic acids is 1. The lowest BCUT2D eigenvalue weighted by molar-refractivity contribution is -0.148. The molecule has 0 saturated heterocycles. The summed E-state index contributed by atoms with van der Waals surface area (Å²) in [5.41, 5.74) is -0.588. The molecule has 0 aliphatic carbocycles. The third-order valence-electron chi connectivity index (χ3n) is 3.32. The van der Waals surface area contributed by atoms with Gasteiger partial charge >= 0.3 is 5.97 Å². The van der Waals surface area contributed by atoms with E-state index in [4.69, 9.17) is 4.74 Å². The van der Waals surface area contributed by atoms with Crippen molar-refractivity contribution in [2.45, 2.75) is 51.6 Å².